The Labute approximate surface area is 183 Å². The average molecular weight is 442 g/mol. The first-order valence-electron chi connectivity index (χ1n) is 9.52. The number of urea groups is 1. The molecule has 1 atom stereocenters. The lowest BCUT2D eigenvalue weighted by atomic mass is 10.2. The van der Waals surface area contributed by atoms with E-state index in [1.807, 2.05) is 59.2 Å². The van der Waals surface area contributed by atoms with Crippen LogP contribution in [0.1, 0.15) is 12.5 Å². The Hall–Kier alpha value is -2.84. The van der Waals surface area contributed by atoms with Gasteiger partial charge in [-0.05, 0) is 36.8 Å². The van der Waals surface area contributed by atoms with E-state index in [-0.39, 0.29) is 11.9 Å². The van der Waals surface area contributed by atoms with Crippen LogP contribution >= 0.6 is 23.4 Å². The van der Waals surface area contributed by atoms with E-state index in [1.165, 1.54) is 16.7 Å². The van der Waals surface area contributed by atoms with Crippen molar-refractivity contribution in [1.29, 1.82) is 0 Å². The maximum Gasteiger partial charge on any atom is 0.324 e. The second-order valence-electron chi connectivity index (χ2n) is 6.87. The van der Waals surface area contributed by atoms with Gasteiger partial charge in [0.1, 0.15) is 0 Å². The van der Waals surface area contributed by atoms with Crippen LogP contribution in [0.5, 0.6) is 0 Å². The first-order chi connectivity index (χ1) is 14.5. The Kier molecular flexibility index (Phi) is 6.06. The number of aromatic nitrogens is 3. The molecule has 2 heterocycles. The van der Waals surface area contributed by atoms with Crippen molar-refractivity contribution in [1.82, 2.24) is 25.0 Å². The summed E-state index contributed by atoms with van der Waals surface area (Å²) in [5.74, 6) is 0.453. The maximum atomic E-state index is 12.7. The van der Waals surface area contributed by atoms with E-state index in [0.29, 0.717) is 35.6 Å². The molecule has 30 heavy (non-hydrogen) atoms. The van der Waals surface area contributed by atoms with Gasteiger partial charge in [-0.25, -0.2) is 4.79 Å². The molecule has 0 bridgehead atoms. The molecule has 0 saturated carbocycles. The molecule has 3 aromatic rings. The van der Waals surface area contributed by atoms with E-state index < -0.39 is 5.25 Å². The zero-order chi connectivity index (χ0) is 21.1. The van der Waals surface area contributed by atoms with E-state index in [2.05, 4.69) is 15.5 Å². The summed E-state index contributed by atoms with van der Waals surface area (Å²) in [6.45, 7) is 3.20. The number of hydrogen-bond acceptors (Lipinski definition) is 5. The minimum absolute atomic E-state index is 0.239. The molecular weight excluding hydrogens is 422 g/mol. The van der Waals surface area contributed by atoms with Crippen LogP contribution < -0.4 is 5.32 Å². The summed E-state index contributed by atoms with van der Waals surface area (Å²) in [5, 5.41) is 12.2. The first kappa shape index (κ1) is 20.4. The van der Waals surface area contributed by atoms with Crippen molar-refractivity contribution in [3.63, 3.8) is 0 Å². The topological polar surface area (TPSA) is 80.1 Å². The number of hydrogen-bond donors (Lipinski definition) is 1. The van der Waals surface area contributed by atoms with Crippen LogP contribution in [-0.2, 0) is 11.3 Å². The summed E-state index contributed by atoms with van der Waals surface area (Å²) in [4.78, 5) is 25.8. The predicted molar refractivity (Wildman–Crippen MR) is 116 cm³/mol. The number of carbonyl (C=O) groups is 2. The number of rotatable bonds is 6. The van der Waals surface area contributed by atoms with Gasteiger partial charge in [0, 0.05) is 23.7 Å². The zero-order valence-electron chi connectivity index (χ0n) is 16.3. The summed E-state index contributed by atoms with van der Waals surface area (Å²) in [5.41, 5.74) is 1.97. The number of imide groups is 1. The molecule has 4 rings (SSSR count). The third-order valence-electron chi connectivity index (χ3n) is 4.76. The molecule has 1 aromatic heterocycles. The highest BCUT2D eigenvalue weighted by Crippen LogP contribution is 2.29. The molecule has 7 nitrogen and oxygen atoms in total. The van der Waals surface area contributed by atoms with Crippen molar-refractivity contribution in [2.24, 2.45) is 0 Å². The molecule has 154 valence electrons. The Morgan fingerprint density at radius 3 is 2.57 bits per heavy atom. The van der Waals surface area contributed by atoms with Gasteiger partial charge in [-0.15, -0.1) is 10.2 Å². The van der Waals surface area contributed by atoms with Gasteiger partial charge in [0.2, 0.25) is 5.91 Å². The van der Waals surface area contributed by atoms with Gasteiger partial charge in [-0.3, -0.25) is 14.3 Å². The van der Waals surface area contributed by atoms with Gasteiger partial charge in [0.05, 0.1) is 11.8 Å². The van der Waals surface area contributed by atoms with Crippen molar-refractivity contribution in [2.45, 2.75) is 23.9 Å². The summed E-state index contributed by atoms with van der Waals surface area (Å²) >= 11 is 7.33. The Morgan fingerprint density at radius 2 is 1.90 bits per heavy atom. The molecule has 0 radical (unpaired) electrons. The molecular formula is C21H20ClN5O2S. The number of benzene rings is 2. The molecule has 9 heteroatoms. The van der Waals surface area contributed by atoms with E-state index >= 15 is 0 Å². The normalized spacial score (nSPS) is 14.6. The zero-order valence-corrected chi connectivity index (χ0v) is 17.9. The van der Waals surface area contributed by atoms with Gasteiger partial charge in [-0.2, -0.15) is 0 Å². The van der Waals surface area contributed by atoms with Crippen molar-refractivity contribution in [3.05, 3.63) is 65.2 Å². The molecule has 1 unspecified atom stereocenters. The van der Waals surface area contributed by atoms with Gasteiger partial charge in [0.15, 0.2) is 11.0 Å². The fourth-order valence-electron chi connectivity index (χ4n) is 3.21. The molecule has 3 amide bonds. The highest BCUT2D eigenvalue weighted by molar-refractivity contribution is 8.00. The Bertz CT molecular complexity index is 1060. The van der Waals surface area contributed by atoms with Gasteiger partial charge < -0.3 is 5.32 Å². The van der Waals surface area contributed by atoms with E-state index in [4.69, 9.17) is 11.6 Å². The Balaban J connectivity index is 1.64. The van der Waals surface area contributed by atoms with Crippen molar-refractivity contribution >= 4 is 35.3 Å². The summed E-state index contributed by atoms with van der Waals surface area (Å²) in [7, 11) is 0. The van der Waals surface area contributed by atoms with Gasteiger partial charge in [-0.1, -0.05) is 53.7 Å². The third-order valence-corrected chi connectivity index (χ3v) is 6.08. The number of amides is 3. The monoisotopic (exact) mass is 441 g/mol. The summed E-state index contributed by atoms with van der Waals surface area (Å²) < 4.78 is 1.98. The molecule has 0 aliphatic carbocycles. The second-order valence-corrected chi connectivity index (χ2v) is 8.61. The van der Waals surface area contributed by atoms with Crippen LogP contribution in [0.25, 0.3) is 11.4 Å². The lowest BCUT2D eigenvalue weighted by Gasteiger charge is -2.17. The fraction of sp³-hybridized carbons (Fsp3) is 0.238. The predicted octanol–water partition coefficient (Wildman–Crippen LogP) is 3.68. The minimum atomic E-state index is -0.481. The smallest absolute Gasteiger partial charge is 0.324 e. The fourth-order valence-corrected chi connectivity index (χ4v) is 4.24. The van der Waals surface area contributed by atoms with Crippen LogP contribution in [0, 0.1) is 0 Å². The first-order valence-corrected chi connectivity index (χ1v) is 10.8. The SMILES string of the molecule is CC(Sc1nnc(-c2ccc(Cl)cc2)n1Cc1ccccc1)C(=O)N1CCNC1=O. The van der Waals surface area contributed by atoms with Crippen LogP contribution in [0.3, 0.4) is 0 Å². The molecule has 1 saturated heterocycles. The summed E-state index contributed by atoms with van der Waals surface area (Å²) in [6, 6.07) is 17.0. The van der Waals surface area contributed by atoms with Crippen LogP contribution in [0.15, 0.2) is 59.8 Å². The lowest BCUT2D eigenvalue weighted by molar-refractivity contribution is -0.126. The molecule has 0 spiro atoms. The maximum absolute atomic E-state index is 12.7. The quantitative estimate of drug-likeness (QED) is 0.590. The van der Waals surface area contributed by atoms with E-state index in [0.717, 1.165) is 11.1 Å². The Morgan fingerprint density at radius 1 is 1.17 bits per heavy atom. The molecule has 1 N–H and O–H groups in total. The van der Waals surface area contributed by atoms with Crippen molar-refractivity contribution < 1.29 is 9.59 Å². The third kappa shape index (κ3) is 4.34. The average Bonchev–Trinajstić information content (AvgIpc) is 3.35. The lowest BCUT2D eigenvalue weighted by Crippen LogP contribution is -2.39. The number of thioether (sulfide) groups is 1. The number of nitrogens with one attached hydrogen (secondary N) is 1. The standard InChI is InChI=1S/C21H20ClN5O2S/c1-14(19(28)26-12-11-23-20(26)29)30-21-25-24-18(16-7-9-17(22)10-8-16)27(21)13-15-5-3-2-4-6-15/h2-10,14H,11-13H2,1H3,(H,23,29). The molecule has 1 aliphatic heterocycles. The highest BCUT2D eigenvalue weighted by atomic mass is 35.5. The van der Waals surface area contributed by atoms with E-state index in [1.54, 1.807) is 6.92 Å². The molecule has 1 fully saturated rings. The van der Waals surface area contributed by atoms with E-state index in [9.17, 15) is 9.59 Å². The number of halogens is 1. The largest absolute Gasteiger partial charge is 0.336 e. The van der Waals surface area contributed by atoms with Gasteiger partial charge in [0.25, 0.3) is 0 Å². The van der Waals surface area contributed by atoms with Crippen LogP contribution in [0.4, 0.5) is 4.79 Å². The summed E-state index contributed by atoms with van der Waals surface area (Å²) in [6.07, 6.45) is 0. The number of nitrogens with zero attached hydrogens (tertiary/aromatic N) is 4. The molecule has 1 aliphatic rings. The second kappa shape index (κ2) is 8.89. The van der Waals surface area contributed by atoms with Crippen LogP contribution in [0.2, 0.25) is 5.02 Å². The van der Waals surface area contributed by atoms with Crippen molar-refractivity contribution in [3.8, 4) is 11.4 Å². The minimum Gasteiger partial charge on any atom is -0.336 e. The molecule has 2 aromatic carbocycles. The van der Waals surface area contributed by atoms with Crippen molar-refractivity contribution in [2.75, 3.05) is 13.1 Å². The number of carbonyl (C=O) groups excluding carboxylic acids is 2. The van der Waals surface area contributed by atoms with Crippen LogP contribution in [-0.4, -0.2) is 49.9 Å². The van der Waals surface area contributed by atoms with Gasteiger partial charge >= 0.3 is 6.03 Å². The highest BCUT2D eigenvalue weighted by Gasteiger charge is 2.31.